The quantitative estimate of drug-likeness (QED) is 0.623. The van der Waals surface area contributed by atoms with Crippen molar-refractivity contribution < 1.29 is 9.26 Å². The zero-order valence-electron chi connectivity index (χ0n) is 14.7. The van der Waals surface area contributed by atoms with Gasteiger partial charge in [0, 0.05) is 17.6 Å². The Morgan fingerprint density at radius 2 is 1.92 bits per heavy atom. The molecule has 4 rings (SSSR count). The summed E-state index contributed by atoms with van der Waals surface area (Å²) in [6, 6.07) is 16.2. The van der Waals surface area contributed by atoms with Crippen molar-refractivity contribution in [2.75, 3.05) is 26.2 Å². The van der Waals surface area contributed by atoms with E-state index in [1.54, 1.807) is 6.07 Å². The summed E-state index contributed by atoms with van der Waals surface area (Å²) in [6.07, 6.45) is 3.45. The van der Waals surface area contributed by atoms with E-state index in [9.17, 15) is 0 Å². The van der Waals surface area contributed by atoms with E-state index in [2.05, 4.69) is 40.4 Å². The van der Waals surface area contributed by atoms with E-state index in [4.69, 9.17) is 20.9 Å². The number of likely N-dealkylation sites (tertiary alicyclic amines) is 1. The number of piperidine rings is 1. The first-order valence-corrected chi connectivity index (χ1v) is 9.60. The van der Waals surface area contributed by atoms with Gasteiger partial charge < -0.3 is 14.2 Å². The molecule has 2 heterocycles. The van der Waals surface area contributed by atoms with Gasteiger partial charge in [0.2, 0.25) is 0 Å². The average Bonchev–Trinajstić information content (AvgIpc) is 3.08. The monoisotopic (exact) mass is 370 g/mol. The van der Waals surface area contributed by atoms with Gasteiger partial charge in [0.15, 0.2) is 5.58 Å². The summed E-state index contributed by atoms with van der Waals surface area (Å²) < 4.78 is 11.2. The average molecular weight is 371 g/mol. The molecule has 1 aliphatic rings. The normalized spacial score (nSPS) is 16.2. The Morgan fingerprint density at radius 1 is 1.12 bits per heavy atom. The molecule has 0 spiro atoms. The van der Waals surface area contributed by atoms with E-state index >= 15 is 0 Å². The topological polar surface area (TPSA) is 38.5 Å². The number of benzene rings is 2. The molecule has 0 saturated carbocycles. The molecule has 0 amide bonds. The van der Waals surface area contributed by atoms with Gasteiger partial charge >= 0.3 is 0 Å². The minimum Gasteiger partial charge on any atom is -0.475 e. The van der Waals surface area contributed by atoms with Crippen LogP contribution in [0.2, 0.25) is 5.02 Å². The van der Waals surface area contributed by atoms with Crippen LogP contribution in [0.1, 0.15) is 18.4 Å². The fraction of sp³-hybridized carbons (Fsp3) is 0.381. The maximum Gasteiger partial charge on any atom is 0.262 e. The van der Waals surface area contributed by atoms with Crippen LogP contribution >= 0.6 is 11.6 Å². The van der Waals surface area contributed by atoms with E-state index in [0.29, 0.717) is 29.0 Å². The Bertz CT molecular complexity index is 842. The van der Waals surface area contributed by atoms with Crippen molar-refractivity contribution in [3.63, 3.8) is 0 Å². The first-order valence-electron chi connectivity index (χ1n) is 9.22. The number of ether oxygens (including phenoxy) is 1. The van der Waals surface area contributed by atoms with E-state index in [0.717, 1.165) is 44.3 Å². The second-order valence-corrected chi connectivity index (χ2v) is 7.40. The third kappa shape index (κ3) is 4.19. The van der Waals surface area contributed by atoms with Gasteiger partial charge in [-0.15, -0.1) is 0 Å². The summed E-state index contributed by atoms with van der Waals surface area (Å²) in [5.74, 6) is 1.14. The second kappa shape index (κ2) is 8.11. The van der Waals surface area contributed by atoms with Crippen LogP contribution in [0.5, 0.6) is 5.88 Å². The molecule has 1 fully saturated rings. The summed E-state index contributed by atoms with van der Waals surface area (Å²) in [6.45, 7) is 4.09. The summed E-state index contributed by atoms with van der Waals surface area (Å²) in [5, 5.41) is 5.56. The molecule has 0 aliphatic carbocycles. The third-order valence-electron chi connectivity index (χ3n) is 5.12. The zero-order valence-corrected chi connectivity index (χ0v) is 15.5. The molecule has 0 unspecified atom stereocenters. The predicted octanol–water partition coefficient (Wildman–Crippen LogP) is 4.81. The van der Waals surface area contributed by atoms with Gasteiger partial charge in [0.25, 0.3) is 5.88 Å². The van der Waals surface area contributed by atoms with Crippen LogP contribution < -0.4 is 4.74 Å². The first kappa shape index (κ1) is 17.4. The first-order chi connectivity index (χ1) is 12.8. The second-order valence-electron chi connectivity index (χ2n) is 6.96. The van der Waals surface area contributed by atoms with Crippen LogP contribution in [0.15, 0.2) is 53.1 Å². The van der Waals surface area contributed by atoms with Crippen molar-refractivity contribution in [2.24, 2.45) is 5.92 Å². The van der Waals surface area contributed by atoms with Crippen molar-refractivity contribution in [2.45, 2.75) is 19.3 Å². The predicted molar refractivity (Wildman–Crippen MR) is 104 cm³/mol. The lowest BCUT2D eigenvalue weighted by Crippen LogP contribution is -2.36. The molecule has 0 bridgehead atoms. The Balaban J connectivity index is 1.23. The lowest BCUT2D eigenvalue weighted by molar-refractivity contribution is 0.138. The zero-order chi connectivity index (χ0) is 17.8. The molecule has 136 valence electrons. The molecule has 3 aromatic rings. The number of hydrogen-bond acceptors (Lipinski definition) is 4. The molecular formula is C21H23ClN2O2. The minimum atomic E-state index is 0.571. The van der Waals surface area contributed by atoms with Crippen molar-refractivity contribution in [1.29, 1.82) is 0 Å². The Hall–Kier alpha value is -2.04. The van der Waals surface area contributed by atoms with Crippen molar-refractivity contribution in [3.8, 4) is 5.88 Å². The van der Waals surface area contributed by atoms with Crippen molar-refractivity contribution >= 4 is 22.6 Å². The minimum absolute atomic E-state index is 0.571. The fourth-order valence-corrected chi connectivity index (χ4v) is 3.66. The summed E-state index contributed by atoms with van der Waals surface area (Å²) >= 11 is 5.97. The van der Waals surface area contributed by atoms with Crippen LogP contribution in [0.4, 0.5) is 0 Å². The fourth-order valence-electron chi connectivity index (χ4n) is 3.50. The van der Waals surface area contributed by atoms with Gasteiger partial charge in [0.05, 0.1) is 12.0 Å². The summed E-state index contributed by atoms with van der Waals surface area (Å²) in [4.78, 5) is 2.55. The van der Waals surface area contributed by atoms with E-state index in [-0.39, 0.29) is 0 Å². The van der Waals surface area contributed by atoms with Crippen LogP contribution in [0, 0.1) is 5.92 Å². The van der Waals surface area contributed by atoms with Gasteiger partial charge in [0.1, 0.15) is 0 Å². The third-order valence-corrected chi connectivity index (χ3v) is 5.36. The van der Waals surface area contributed by atoms with Crippen LogP contribution in [-0.2, 0) is 6.42 Å². The van der Waals surface area contributed by atoms with E-state index in [1.165, 1.54) is 5.56 Å². The Morgan fingerprint density at radius 3 is 2.73 bits per heavy atom. The summed E-state index contributed by atoms with van der Waals surface area (Å²) in [5.41, 5.74) is 2.08. The lowest BCUT2D eigenvalue weighted by Gasteiger charge is -2.31. The maximum atomic E-state index is 5.97. The van der Waals surface area contributed by atoms with Gasteiger partial charge in [-0.05, 0) is 61.1 Å². The van der Waals surface area contributed by atoms with Crippen molar-refractivity contribution in [1.82, 2.24) is 10.1 Å². The highest BCUT2D eigenvalue weighted by molar-refractivity contribution is 6.31. The number of hydrogen-bond donors (Lipinski definition) is 0. The van der Waals surface area contributed by atoms with Crippen molar-refractivity contribution in [3.05, 3.63) is 59.1 Å². The lowest BCUT2D eigenvalue weighted by atomic mass is 9.97. The number of nitrogens with zero attached hydrogens (tertiary/aromatic N) is 2. The largest absolute Gasteiger partial charge is 0.475 e. The molecule has 26 heavy (non-hydrogen) atoms. The molecule has 1 aromatic heterocycles. The molecular weight excluding hydrogens is 348 g/mol. The van der Waals surface area contributed by atoms with Gasteiger partial charge in [-0.2, -0.15) is 0 Å². The molecule has 5 heteroatoms. The molecule has 2 aromatic carbocycles. The Kier molecular flexibility index (Phi) is 5.42. The van der Waals surface area contributed by atoms with E-state index in [1.807, 2.05) is 12.1 Å². The highest BCUT2D eigenvalue weighted by atomic mass is 35.5. The molecule has 1 aliphatic heterocycles. The number of aromatic nitrogens is 1. The van der Waals surface area contributed by atoms with Gasteiger partial charge in [-0.25, -0.2) is 0 Å². The van der Waals surface area contributed by atoms with Crippen LogP contribution in [0.25, 0.3) is 11.0 Å². The van der Waals surface area contributed by atoms with Crippen LogP contribution in [0.3, 0.4) is 0 Å². The number of rotatable bonds is 6. The maximum absolute atomic E-state index is 5.97. The molecule has 1 saturated heterocycles. The van der Waals surface area contributed by atoms with Crippen LogP contribution in [-0.4, -0.2) is 36.3 Å². The van der Waals surface area contributed by atoms with E-state index < -0.39 is 0 Å². The highest BCUT2D eigenvalue weighted by Crippen LogP contribution is 2.28. The highest BCUT2D eigenvalue weighted by Gasteiger charge is 2.20. The summed E-state index contributed by atoms with van der Waals surface area (Å²) in [7, 11) is 0. The molecule has 0 radical (unpaired) electrons. The Labute approximate surface area is 158 Å². The number of fused-ring (bicyclic) bond motifs is 1. The number of halogens is 1. The SMILES string of the molecule is Clc1ccc2c(OCC3CCN(CCc4ccccc4)CC3)noc2c1. The van der Waals surface area contributed by atoms with Gasteiger partial charge in [-0.3, -0.25) is 0 Å². The van der Waals surface area contributed by atoms with Gasteiger partial charge in [-0.1, -0.05) is 41.9 Å². The standard InChI is InChI=1S/C21H23ClN2O2/c22-18-6-7-19-20(14-18)26-23-21(19)25-15-17-9-12-24(13-10-17)11-8-16-4-2-1-3-5-16/h1-7,14,17H,8-13,15H2. The molecule has 0 N–H and O–H groups in total. The molecule has 4 nitrogen and oxygen atoms in total. The smallest absolute Gasteiger partial charge is 0.262 e. The molecule has 0 atom stereocenters.